The van der Waals surface area contributed by atoms with Gasteiger partial charge in [-0.25, -0.2) is 0 Å². The maximum atomic E-state index is 12.3. The van der Waals surface area contributed by atoms with E-state index in [0.717, 1.165) is 19.3 Å². The Morgan fingerprint density at radius 2 is 2.06 bits per heavy atom. The van der Waals surface area contributed by atoms with Gasteiger partial charge in [0.2, 0.25) is 0 Å². The standard InChI is InChI=1S/C15H18O2/c1-15(10-6-3-7-11-15)14(17)13(16)12-8-4-2-5-9-12/h2,4-6,8-10,13,16H,3,7,11H2,1H3. The van der Waals surface area contributed by atoms with Crippen LogP contribution >= 0.6 is 0 Å². The number of allylic oxidation sites excluding steroid dienone is 2. The molecule has 0 amide bonds. The molecule has 0 fully saturated rings. The predicted octanol–water partition coefficient (Wildman–Crippen LogP) is 3.04. The van der Waals surface area contributed by atoms with Crippen LogP contribution in [0, 0.1) is 5.41 Å². The minimum absolute atomic E-state index is 0.0975. The van der Waals surface area contributed by atoms with Gasteiger partial charge in [-0.15, -0.1) is 0 Å². The Morgan fingerprint density at radius 1 is 1.35 bits per heavy atom. The summed E-state index contributed by atoms with van der Waals surface area (Å²) in [6.45, 7) is 1.91. The first-order chi connectivity index (χ1) is 8.13. The van der Waals surface area contributed by atoms with E-state index in [9.17, 15) is 9.90 Å². The Labute approximate surface area is 102 Å². The summed E-state index contributed by atoms with van der Waals surface area (Å²) in [5, 5.41) is 10.1. The largest absolute Gasteiger partial charge is 0.381 e. The van der Waals surface area contributed by atoms with Crippen LogP contribution in [-0.2, 0) is 4.79 Å². The fourth-order valence-corrected chi connectivity index (χ4v) is 2.32. The van der Waals surface area contributed by atoms with Gasteiger partial charge in [-0.2, -0.15) is 0 Å². The van der Waals surface area contributed by atoms with Crippen LogP contribution in [0.3, 0.4) is 0 Å². The number of aliphatic hydroxyl groups excluding tert-OH is 1. The number of hydrogen-bond donors (Lipinski definition) is 1. The molecular weight excluding hydrogens is 212 g/mol. The third-order valence-corrected chi connectivity index (χ3v) is 3.48. The van der Waals surface area contributed by atoms with Crippen molar-refractivity contribution in [2.75, 3.05) is 0 Å². The Hall–Kier alpha value is -1.41. The molecule has 0 aromatic heterocycles. The number of rotatable bonds is 3. The van der Waals surface area contributed by atoms with Crippen LogP contribution in [0.4, 0.5) is 0 Å². The topological polar surface area (TPSA) is 37.3 Å². The molecule has 1 aliphatic rings. The van der Waals surface area contributed by atoms with Crippen molar-refractivity contribution in [1.29, 1.82) is 0 Å². The fourth-order valence-electron chi connectivity index (χ4n) is 2.32. The highest BCUT2D eigenvalue weighted by Crippen LogP contribution is 2.35. The second-order valence-electron chi connectivity index (χ2n) is 4.89. The van der Waals surface area contributed by atoms with Gasteiger partial charge in [0.25, 0.3) is 0 Å². The molecule has 90 valence electrons. The molecule has 1 N–H and O–H groups in total. The molecular formula is C15H18O2. The van der Waals surface area contributed by atoms with Crippen molar-refractivity contribution in [1.82, 2.24) is 0 Å². The van der Waals surface area contributed by atoms with Gasteiger partial charge in [0.1, 0.15) is 6.10 Å². The summed E-state index contributed by atoms with van der Waals surface area (Å²) in [6.07, 6.45) is 5.85. The van der Waals surface area contributed by atoms with Crippen LogP contribution in [0.15, 0.2) is 42.5 Å². The van der Waals surface area contributed by atoms with E-state index in [-0.39, 0.29) is 5.78 Å². The number of aliphatic hydroxyl groups is 1. The van der Waals surface area contributed by atoms with E-state index in [0.29, 0.717) is 5.56 Å². The van der Waals surface area contributed by atoms with Crippen LogP contribution in [0.25, 0.3) is 0 Å². The Balaban J connectivity index is 2.20. The molecule has 0 saturated heterocycles. The number of benzene rings is 1. The van der Waals surface area contributed by atoms with Crippen molar-refractivity contribution >= 4 is 5.78 Å². The third-order valence-electron chi connectivity index (χ3n) is 3.48. The van der Waals surface area contributed by atoms with Gasteiger partial charge >= 0.3 is 0 Å². The summed E-state index contributed by atoms with van der Waals surface area (Å²) in [5.41, 5.74) is 0.172. The van der Waals surface area contributed by atoms with E-state index in [4.69, 9.17) is 0 Å². The van der Waals surface area contributed by atoms with E-state index in [1.807, 2.05) is 37.3 Å². The molecule has 0 spiro atoms. The summed E-state index contributed by atoms with van der Waals surface area (Å²) in [4.78, 5) is 12.3. The van der Waals surface area contributed by atoms with Crippen molar-refractivity contribution in [3.63, 3.8) is 0 Å². The van der Waals surface area contributed by atoms with E-state index < -0.39 is 11.5 Å². The average molecular weight is 230 g/mol. The van der Waals surface area contributed by atoms with Gasteiger partial charge in [-0.1, -0.05) is 42.5 Å². The normalized spacial score (nSPS) is 25.5. The number of carbonyl (C=O) groups excluding carboxylic acids is 1. The van der Waals surface area contributed by atoms with Gasteiger partial charge in [-0.3, -0.25) is 4.79 Å². The monoisotopic (exact) mass is 230 g/mol. The fraction of sp³-hybridized carbons (Fsp3) is 0.400. The minimum atomic E-state index is -1.01. The minimum Gasteiger partial charge on any atom is -0.381 e. The maximum Gasteiger partial charge on any atom is 0.175 e. The molecule has 17 heavy (non-hydrogen) atoms. The van der Waals surface area contributed by atoms with Crippen LogP contribution in [0.2, 0.25) is 0 Å². The Kier molecular flexibility index (Phi) is 3.43. The van der Waals surface area contributed by atoms with Crippen LogP contribution in [-0.4, -0.2) is 10.9 Å². The summed E-state index contributed by atoms with van der Waals surface area (Å²) in [5.74, 6) is -0.0975. The molecule has 1 aromatic carbocycles. The van der Waals surface area contributed by atoms with Gasteiger partial charge in [0.15, 0.2) is 5.78 Å². The second kappa shape index (κ2) is 4.84. The van der Waals surface area contributed by atoms with Crippen molar-refractivity contribution in [3.8, 4) is 0 Å². The Bertz CT molecular complexity index is 422. The smallest absolute Gasteiger partial charge is 0.175 e. The molecule has 0 heterocycles. The summed E-state index contributed by atoms with van der Waals surface area (Å²) < 4.78 is 0. The van der Waals surface area contributed by atoms with Gasteiger partial charge in [0.05, 0.1) is 0 Å². The van der Waals surface area contributed by atoms with E-state index >= 15 is 0 Å². The van der Waals surface area contributed by atoms with E-state index in [1.165, 1.54) is 0 Å². The molecule has 2 unspecified atom stereocenters. The lowest BCUT2D eigenvalue weighted by Crippen LogP contribution is -2.32. The molecule has 0 bridgehead atoms. The molecule has 2 atom stereocenters. The lowest BCUT2D eigenvalue weighted by molar-refractivity contribution is -0.135. The van der Waals surface area contributed by atoms with Crippen molar-refractivity contribution in [3.05, 3.63) is 48.0 Å². The van der Waals surface area contributed by atoms with Gasteiger partial charge in [0, 0.05) is 5.41 Å². The highest BCUT2D eigenvalue weighted by molar-refractivity contribution is 5.91. The molecule has 1 aromatic rings. The Morgan fingerprint density at radius 3 is 2.65 bits per heavy atom. The molecule has 2 heteroatoms. The highest BCUT2D eigenvalue weighted by Gasteiger charge is 2.36. The lowest BCUT2D eigenvalue weighted by Gasteiger charge is -2.29. The van der Waals surface area contributed by atoms with Gasteiger partial charge < -0.3 is 5.11 Å². The molecule has 0 saturated carbocycles. The van der Waals surface area contributed by atoms with Crippen LogP contribution in [0.5, 0.6) is 0 Å². The van der Waals surface area contributed by atoms with Crippen molar-refractivity contribution in [2.45, 2.75) is 32.3 Å². The second-order valence-corrected chi connectivity index (χ2v) is 4.89. The molecule has 1 aliphatic carbocycles. The molecule has 0 radical (unpaired) electrons. The number of hydrogen-bond acceptors (Lipinski definition) is 2. The average Bonchev–Trinajstić information content (AvgIpc) is 2.39. The van der Waals surface area contributed by atoms with E-state index in [1.54, 1.807) is 12.1 Å². The van der Waals surface area contributed by atoms with Crippen molar-refractivity contribution < 1.29 is 9.90 Å². The van der Waals surface area contributed by atoms with Crippen LogP contribution in [0.1, 0.15) is 37.9 Å². The molecule has 2 nitrogen and oxygen atoms in total. The zero-order valence-corrected chi connectivity index (χ0v) is 10.1. The first kappa shape index (κ1) is 12.1. The zero-order chi connectivity index (χ0) is 12.3. The summed E-state index contributed by atoms with van der Waals surface area (Å²) >= 11 is 0. The quantitative estimate of drug-likeness (QED) is 0.810. The zero-order valence-electron chi connectivity index (χ0n) is 10.1. The predicted molar refractivity (Wildman–Crippen MR) is 67.5 cm³/mol. The number of ketones is 1. The number of Topliss-reactive ketones (excluding diaryl/α,β-unsaturated/α-hetero) is 1. The molecule has 0 aliphatic heterocycles. The summed E-state index contributed by atoms with van der Waals surface area (Å²) in [6, 6.07) is 9.13. The molecule has 2 rings (SSSR count). The first-order valence-electron chi connectivity index (χ1n) is 6.08. The summed E-state index contributed by atoms with van der Waals surface area (Å²) in [7, 11) is 0. The van der Waals surface area contributed by atoms with Crippen molar-refractivity contribution in [2.24, 2.45) is 5.41 Å². The van der Waals surface area contributed by atoms with Crippen LogP contribution < -0.4 is 0 Å². The maximum absolute atomic E-state index is 12.3. The van der Waals surface area contributed by atoms with E-state index in [2.05, 4.69) is 0 Å². The lowest BCUT2D eigenvalue weighted by atomic mass is 9.74. The SMILES string of the molecule is CC1(C(=O)C(O)c2ccccc2)C=CCCC1. The third kappa shape index (κ3) is 2.47. The first-order valence-corrected chi connectivity index (χ1v) is 6.08. The number of carbonyl (C=O) groups is 1. The van der Waals surface area contributed by atoms with Gasteiger partial charge in [-0.05, 0) is 31.7 Å². The highest BCUT2D eigenvalue weighted by atomic mass is 16.3.